The highest BCUT2D eigenvalue weighted by molar-refractivity contribution is 5.59. The zero-order valence-corrected chi connectivity index (χ0v) is 9.84. The summed E-state index contributed by atoms with van der Waals surface area (Å²) in [5.74, 6) is 0.217. The molecule has 1 atom stereocenters. The highest BCUT2D eigenvalue weighted by Crippen LogP contribution is 2.18. The van der Waals surface area contributed by atoms with Crippen LogP contribution in [0.15, 0.2) is 17.3 Å². The number of rotatable bonds is 7. The first-order valence-electron chi connectivity index (χ1n) is 5.92. The van der Waals surface area contributed by atoms with Crippen molar-refractivity contribution < 1.29 is 14.7 Å². The van der Waals surface area contributed by atoms with Crippen LogP contribution in [0.1, 0.15) is 32.6 Å². The van der Waals surface area contributed by atoms with Crippen LogP contribution in [0.3, 0.4) is 0 Å². The summed E-state index contributed by atoms with van der Waals surface area (Å²) in [7, 11) is 0. The maximum atomic E-state index is 8.58. The van der Waals surface area contributed by atoms with Crippen molar-refractivity contribution in [3.05, 3.63) is 12.2 Å². The van der Waals surface area contributed by atoms with E-state index in [-0.39, 0.29) is 12.2 Å². The van der Waals surface area contributed by atoms with Crippen molar-refractivity contribution in [3.63, 3.8) is 0 Å². The molecule has 4 heteroatoms. The topological polar surface area (TPSA) is 51.1 Å². The van der Waals surface area contributed by atoms with E-state index in [9.17, 15) is 0 Å². The smallest absolute Gasteiger partial charge is 0.158 e. The molecule has 0 radical (unpaired) electrons. The lowest BCUT2D eigenvalue weighted by Crippen LogP contribution is -2.15. The third-order valence-corrected chi connectivity index (χ3v) is 2.57. The predicted octanol–water partition coefficient (Wildman–Crippen LogP) is 2.57. The molecule has 1 heterocycles. The first-order valence-corrected chi connectivity index (χ1v) is 5.92. The molecule has 1 aliphatic rings. The Morgan fingerprint density at radius 2 is 2.12 bits per heavy atom. The Morgan fingerprint density at radius 3 is 2.75 bits per heavy atom. The SMILES string of the molecule is CC/C=C\CC[C@@H](/C=N/O)CC1OCCO1. The summed E-state index contributed by atoms with van der Waals surface area (Å²) in [6, 6.07) is 0. The molecule has 1 fully saturated rings. The van der Waals surface area contributed by atoms with E-state index in [1.54, 1.807) is 6.21 Å². The van der Waals surface area contributed by atoms with Crippen molar-refractivity contribution in [1.29, 1.82) is 0 Å². The second kappa shape index (κ2) is 8.30. The van der Waals surface area contributed by atoms with Gasteiger partial charge < -0.3 is 14.7 Å². The molecule has 0 bridgehead atoms. The van der Waals surface area contributed by atoms with E-state index in [4.69, 9.17) is 14.7 Å². The first-order chi connectivity index (χ1) is 7.86. The second-order valence-electron chi connectivity index (χ2n) is 3.89. The van der Waals surface area contributed by atoms with Crippen LogP contribution in [0.5, 0.6) is 0 Å². The largest absolute Gasteiger partial charge is 0.411 e. The number of ether oxygens (including phenoxy) is 2. The minimum absolute atomic E-state index is 0.127. The van der Waals surface area contributed by atoms with Gasteiger partial charge in [0.1, 0.15) is 0 Å². The molecule has 1 rings (SSSR count). The van der Waals surface area contributed by atoms with Gasteiger partial charge in [0.2, 0.25) is 0 Å². The summed E-state index contributed by atoms with van der Waals surface area (Å²) in [5.41, 5.74) is 0. The average molecular weight is 227 g/mol. The Morgan fingerprint density at radius 1 is 1.38 bits per heavy atom. The molecule has 0 saturated carbocycles. The van der Waals surface area contributed by atoms with Crippen molar-refractivity contribution in [1.82, 2.24) is 0 Å². The average Bonchev–Trinajstić information content (AvgIpc) is 2.77. The molecule has 1 saturated heterocycles. The summed E-state index contributed by atoms with van der Waals surface area (Å²) in [5, 5.41) is 11.7. The fourth-order valence-electron chi connectivity index (χ4n) is 1.73. The molecule has 4 nitrogen and oxygen atoms in total. The van der Waals surface area contributed by atoms with Crippen LogP contribution in [-0.4, -0.2) is 30.9 Å². The van der Waals surface area contributed by atoms with E-state index in [2.05, 4.69) is 24.2 Å². The molecule has 1 N–H and O–H groups in total. The van der Waals surface area contributed by atoms with E-state index in [0.717, 1.165) is 25.7 Å². The fourth-order valence-corrected chi connectivity index (χ4v) is 1.73. The lowest BCUT2D eigenvalue weighted by molar-refractivity contribution is -0.0522. The molecule has 0 amide bonds. The fraction of sp³-hybridized carbons (Fsp3) is 0.750. The van der Waals surface area contributed by atoms with Gasteiger partial charge in [-0.05, 0) is 19.3 Å². The number of hydrogen-bond acceptors (Lipinski definition) is 4. The van der Waals surface area contributed by atoms with Crippen LogP contribution < -0.4 is 0 Å². The van der Waals surface area contributed by atoms with Gasteiger partial charge in [-0.15, -0.1) is 5.16 Å². The van der Waals surface area contributed by atoms with Gasteiger partial charge in [-0.3, -0.25) is 0 Å². The monoisotopic (exact) mass is 227 g/mol. The summed E-state index contributed by atoms with van der Waals surface area (Å²) in [6.07, 6.45) is 9.55. The Hall–Kier alpha value is -0.870. The molecular formula is C12H21NO3. The zero-order valence-electron chi connectivity index (χ0n) is 9.84. The Labute approximate surface area is 96.9 Å². The van der Waals surface area contributed by atoms with Crippen molar-refractivity contribution in [2.24, 2.45) is 11.1 Å². The number of oxime groups is 1. The Bertz CT molecular complexity index is 222. The van der Waals surface area contributed by atoms with Crippen LogP contribution in [0.2, 0.25) is 0 Å². The summed E-state index contributed by atoms with van der Waals surface area (Å²) in [4.78, 5) is 0. The van der Waals surface area contributed by atoms with Crippen LogP contribution in [0.4, 0.5) is 0 Å². The molecule has 92 valence electrons. The molecular weight excluding hydrogens is 206 g/mol. The predicted molar refractivity (Wildman–Crippen MR) is 62.7 cm³/mol. The maximum Gasteiger partial charge on any atom is 0.158 e. The van der Waals surface area contributed by atoms with Gasteiger partial charge in [0.15, 0.2) is 6.29 Å². The zero-order chi connectivity index (χ0) is 11.6. The molecule has 16 heavy (non-hydrogen) atoms. The van der Waals surface area contributed by atoms with Gasteiger partial charge in [-0.25, -0.2) is 0 Å². The molecule has 0 aromatic heterocycles. The van der Waals surface area contributed by atoms with Crippen LogP contribution in [0.25, 0.3) is 0 Å². The normalized spacial score (nSPS) is 20.1. The number of hydrogen-bond donors (Lipinski definition) is 1. The third-order valence-electron chi connectivity index (χ3n) is 2.57. The minimum atomic E-state index is -0.127. The van der Waals surface area contributed by atoms with Gasteiger partial charge in [0.25, 0.3) is 0 Å². The maximum absolute atomic E-state index is 8.58. The van der Waals surface area contributed by atoms with Crippen molar-refractivity contribution >= 4 is 6.21 Å². The molecule has 0 aliphatic carbocycles. The standard InChI is InChI=1S/C12H21NO3/c1-2-3-4-5-6-11(10-13-14)9-12-15-7-8-16-12/h3-4,10-12,14H,2,5-9H2,1H3/b4-3-,13-10+/t11-/m1/s1. The minimum Gasteiger partial charge on any atom is -0.411 e. The van der Waals surface area contributed by atoms with Crippen LogP contribution >= 0.6 is 0 Å². The van der Waals surface area contributed by atoms with Crippen LogP contribution in [0, 0.1) is 5.92 Å². The Kier molecular flexibility index (Phi) is 6.85. The highest BCUT2D eigenvalue weighted by atomic mass is 16.7. The molecule has 0 aromatic carbocycles. The van der Waals surface area contributed by atoms with Crippen molar-refractivity contribution in [3.8, 4) is 0 Å². The lowest BCUT2D eigenvalue weighted by Gasteiger charge is -2.14. The van der Waals surface area contributed by atoms with Gasteiger partial charge >= 0.3 is 0 Å². The van der Waals surface area contributed by atoms with E-state index in [1.165, 1.54) is 0 Å². The van der Waals surface area contributed by atoms with E-state index < -0.39 is 0 Å². The molecule has 0 unspecified atom stereocenters. The lowest BCUT2D eigenvalue weighted by atomic mass is 10.0. The van der Waals surface area contributed by atoms with E-state index in [0.29, 0.717) is 13.2 Å². The summed E-state index contributed by atoms with van der Waals surface area (Å²) < 4.78 is 10.7. The molecule has 1 aliphatic heterocycles. The number of allylic oxidation sites excluding steroid dienone is 2. The van der Waals surface area contributed by atoms with Crippen molar-refractivity contribution in [2.75, 3.05) is 13.2 Å². The van der Waals surface area contributed by atoms with E-state index >= 15 is 0 Å². The van der Waals surface area contributed by atoms with Gasteiger partial charge in [-0.2, -0.15) is 0 Å². The van der Waals surface area contributed by atoms with Gasteiger partial charge in [-0.1, -0.05) is 19.1 Å². The van der Waals surface area contributed by atoms with Crippen LogP contribution in [-0.2, 0) is 9.47 Å². The quantitative estimate of drug-likeness (QED) is 0.315. The van der Waals surface area contributed by atoms with E-state index in [1.807, 2.05) is 0 Å². The first kappa shape index (κ1) is 13.2. The number of nitrogens with zero attached hydrogens (tertiary/aromatic N) is 1. The molecule has 0 aromatic rings. The van der Waals surface area contributed by atoms with Crippen molar-refractivity contribution in [2.45, 2.75) is 38.9 Å². The van der Waals surface area contributed by atoms with Gasteiger partial charge in [0, 0.05) is 18.6 Å². The highest BCUT2D eigenvalue weighted by Gasteiger charge is 2.20. The Balaban J connectivity index is 2.25. The third kappa shape index (κ3) is 5.28. The summed E-state index contributed by atoms with van der Waals surface area (Å²) in [6.45, 7) is 3.45. The summed E-state index contributed by atoms with van der Waals surface area (Å²) >= 11 is 0. The van der Waals surface area contributed by atoms with Gasteiger partial charge in [0.05, 0.1) is 13.2 Å². The second-order valence-corrected chi connectivity index (χ2v) is 3.89. The molecule has 0 spiro atoms.